The quantitative estimate of drug-likeness (QED) is 0.578. The molecule has 144 valence electrons. The van der Waals surface area contributed by atoms with Crippen LogP contribution in [0.4, 0.5) is 0 Å². The number of unbranched alkanes of at least 4 members (excludes halogenated alkanes) is 1. The van der Waals surface area contributed by atoms with E-state index in [0.717, 1.165) is 30.4 Å². The summed E-state index contributed by atoms with van der Waals surface area (Å²) in [6.45, 7) is 3.26. The van der Waals surface area contributed by atoms with Crippen molar-refractivity contribution in [3.8, 4) is 5.75 Å². The van der Waals surface area contributed by atoms with Gasteiger partial charge in [0.25, 0.3) is 0 Å². The van der Waals surface area contributed by atoms with E-state index < -0.39 is 6.10 Å². The molecular formula is C20H23Cl2N3O2. The predicted molar refractivity (Wildman–Crippen MR) is 109 cm³/mol. The first-order valence-electron chi connectivity index (χ1n) is 8.99. The number of aliphatic hydroxyl groups excluding tert-OH is 1. The number of nitrogens with zero attached hydrogens (tertiary/aromatic N) is 2. The number of hydrogen-bond donors (Lipinski definition) is 2. The van der Waals surface area contributed by atoms with Gasteiger partial charge >= 0.3 is 0 Å². The number of imidazole rings is 1. The first-order valence-corrected chi connectivity index (χ1v) is 9.75. The van der Waals surface area contributed by atoms with Gasteiger partial charge in [-0.05, 0) is 36.8 Å². The van der Waals surface area contributed by atoms with Crippen molar-refractivity contribution in [3.05, 3.63) is 58.1 Å². The maximum absolute atomic E-state index is 10.5. The molecule has 0 saturated carbocycles. The van der Waals surface area contributed by atoms with Gasteiger partial charge in [-0.1, -0.05) is 48.7 Å². The number of rotatable bonds is 8. The molecule has 0 spiro atoms. The van der Waals surface area contributed by atoms with Crippen LogP contribution in [0.15, 0.2) is 42.5 Å². The largest absolute Gasteiger partial charge is 0.489 e. The van der Waals surface area contributed by atoms with E-state index in [9.17, 15) is 5.11 Å². The highest BCUT2D eigenvalue weighted by molar-refractivity contribution is 6.35. The maximum atomic E-state index is 10.5. The average Bonchev–Trinajstić information content (AvgIpc) is 2.91. The van der Waals surface area contributed by atoms with E-state index in [2.05, 4.69) is 6.92 Å². The first-order chi connectivity index (χ1) is 13.0. The highest BCUT2D eigenvalue weighted by Crippen LogP contribution is 2.27. The molecule has 0 radical (unpaired) electrons. The van der Waals surface area contributed by atoms with E-state index in [-0.39, 0.29) is 13.2 Å². The smallest absolute Gasteiger partial charge is 0.203 e. The number of halogens is 2. The van der Waals surface area contributed by atoms with Crippen LogP contribution < -0.4 is 10.4 Å². The van der Waals surface area contributed by atoms with Gasteiger partial charge < -0.3 is 19.0 Å². The molecule has 0 aliphatic rings. The third-order valence-electron chi connectivity index (χ3n) is 4.43. The topological polar surface area (TPSA) is 63.2 Å². The number of aryl methyl sites for hydroxylation is 1. The van der Waals surface area contributed by atoms with Crippen molar-refractivity contribution in [1.82, 2.24) is 9.13 Å². The van der Waals surface area contributed by atoms with Crippen molar-refractivity contribution in [2.75, 3.05) is 6.61 Å². The molecule has 1 heterocycles. The Labute approximate surface area is 168 Å². The van der Waals surface area contributed by atoms with Gasteiger partial charge in [0.1, 0.15) is 18.5 Å². The van der Waals surface area contributed by atoms with Gasteiger partial charge in [-0.2, -0.15) is 0 Å². The van der Waals surface area contributed by atoms with Crippen molar-refractivity contribution in [2.45, 2.75) is 39.0 Å². The first kappa shape index (κ1) is 19.8. The minimum atomic E-state index is -0.781. The molecule has 0 saturated heterocycles. The van der Waals surface area contributed by atoms with Crippen LogP contribution in [-0.2, 0) is 13.1 Å². The fourth-order valence-electron chi connectivity index (χ4n) is 3.06. The molecule has 27 heavy (non-hydrogen) atoms. The molecule has 3 aromatic rings. The summed E-state index contributed by atoms with van der Waals surface area (Å²) in [5, 5.41) is 19.9. The number of aliphatic hydroxyl groups is 1. The lowest BCUT2D eigenvalue weighted by atomic mass is 10.3. The second kappa shape index (κ2) is 8.83. The zero-order valence-electron chi connectivity index (χ0n) is 15.2. The number of hydrogen-bond acceptors (Lipinski definition) is 3. The van der Waals surface area contributed by atoms with E-state index in [4.69, 9.17) is 33.3 Å². The number of fused-ring (bicyclic) bond motifs is 1. The summed E-state index contributed by atoms with van der Waals surface area (Å²) in [7, 11) is 0. The summed E-state index contributed by atoms with van der Waals surface area (Å²) in [5.74, 6) is 0.474. The van der Waals surface area contributed by atoms with Crippen LogP contribution in [0.1, 0.15) is 19.8 Å². The molecule has 1 unspecified atom stereocenters. The fraction of sp³-hybridized carbons (Fsp3) is 0.350. The van der Waals surface area contributed by atoms with Crippen LogP contribution in [-0.4, -0.2) is 27.0 Å². The number of benzene rings is 2. The van der Waals surface area contributed by atoms with Gasteiger partial charge in [0.15, 0.2) is 0 Å². The van der Waals surface area contributed by atoms with Gasteiger partial charge in [-0.3, -0.25) is 5.41 Å². The van der Waals surface area contributed by atoms with Gasteiger partial charge in [-0.15, -0.1) is 0 Å². The molecule has 0 bridgehead atoms. The monoisotopic (exact) mass is 407 g/mol. The zero-order chi connectivity index (χ0) is 19.4. The van der Waals surface area contributed by atoms with Gasteiger partial charge in [-0.25, -0.2) is 0 Å². The van der Waals surface area contributed by atoms with E-state index in [0.29, 0.717) is 21.4 Å². The van der Waals surface area contributed by atoms with Gasteiger partial charge in [0, 0.05) is 11.6 Å². The molecule has 0 aliphatic carbocycles. The van der Waals surface area contributed by atoms with Crippen LogP contribution in [0, 0.1) is 5.41 Å². The van der Waals surface area contributed by atoms with Crippen molar-refractivity contribution in [2.24, 2.45) is 0 Å². The fourth-order valence-corrected chi connectivity index (χ4v) is 3.53. The summed E-state index contributed by atoms with van der Waals surface area (Å²) in [5.41, 5.74) is 2.32. The lowest BCUT2D eigenvalue weighted by Gasteiger charge is -2.14. The molecule has 7 heteroatoms. The molecule has 2 aromatic carbocycles. The predicted octanol–water partition coefficient (Wildman–Crippen LogP) is 4.47. The summed E-state index contributed by atoms with van der Waals surface area (Å²) < 4.78 is 9.44. The third-order valence-corrected chi connectivity index (χ3v) is 4.96. The number of para-hydroxylation sites is 2. The van der Waals surface area contributed by atoms with E-state index in [1.807, 2.05) is 33.4 Å². The van der Waals surface area contributed by atoms with Crippen molar-refractivity contribution < 1.29 is 9.84 Å². The molecule has 3 rings (SSSR count). The number of ether oxygens (including phenoxy) is 1. The molecule has 0 fully saturated rings. The SMILES string of the molecule is CCCCn1c(=N)n(CC(O)COc2ccc(Cl)cc2Cl)c2ccccc21. The minimum Gasteiger partial charge on any atom is -0.489 e. The third kappa shape index (κ3) is 4.49. The van der Waals surface area contributed by atoms with E-state index >= 15 is 0 Å². The Hall–Kier alpha value is -1.95. The molecule has 0 amide bonds. The summed E-state index contributed by atoms with van der Waals surface area (Å²) in [6, 6.07) is 12.9. The Morgan fingerprint density at radius 1 is 1.11 bits per heavy atom. The maximum Gasteiger partial charge on any atom is 0.203 e. The minimum absolute atomic E-state index is 0.0717. The molecule has 0 aliphatic heterocycles. The second-order valence-corrected chi connectivity index (χ2v) is 7.31. The zero-order valence-corrected chi connectivity index (χ0v) is 16.7. The van der Waals surface area contributed by atoms with E-state index in [1.165, 1.54) is 0 Å². The van der Waals surface area contributed by atoms with Crippen molar-refractivity contribution >= 4 is 34.2 Å². The van der Waals surface area contributed by atoms with Gasteiger partial charge in [0.2, 0.25) is 5.62 Å². The molecule has 1 aromatic heterocycles. The van der Waals surface area contributed by atoms with Crippen LogP contribution in [0.2, 0.25) is 10.0 Å². The molecular weight excluding hydrogens is 385 g/mol. The number of aromatic nitrogens is 2. The number of nitrogens with one attached hydrogen (secondary N) is 1. The second-order valence-electron chi connectivity index (χ2n) is 6.47. The Bertz CT molecular complexity index is 981. The highest BCUT2D eigenvalue weighted by atomic mass is 35.5. The van der Waals surface area contributed by atoms with Crippen LogP contribution in [0.25, 0.3) is 11.0 Å². The van der Waals surface area contributed by atoms with Crippen molar-refractivity contribution in [1.29, 1.82) is 5.41 Å². The van der Waals surface area contributed by atoms with Crippen LogP contribution >= 0.6 is 23.2 Å². The molecule has 5 nitrogen and oxygen atoms in total. The highest BCUT2D eigenvalue weighted by Gasteiger charge is 2.15. The molecule has 1 atom stereocenters. The lowest BCUT2D eigenvalue weighted by molar-refractivity contribution is 0.0921. The lowest BCUT2D eigenvalue weighted by Crippen LogP contribution is -2.31. The normalized spacial score (nSPS) is 12.4. The standard InChI is InChI=1S/C20H23Cl2N3O2/c1-2-3-10-24-17-6-4-5-7-18(17)25(20(24)23)12-15(26)13-27-19-9-8-14(21)11-16(19)22/h4-9,11,15,23,26H,2-3,10,12-13H2,1H3. The summed E-state index contributed by atoms with van der Waals surface area (Å²) >= 11 is 12.0. The Morgan fingerprint density at radius 3 is 2.48 bits per heavy atom. The Balaban J connectivity index is 1.77. The van der Waals surface area contributed by atoms with Crippen LogP contribution in [0.3, 0.4) is 0 Å². The molecule has 2 N–H and O–H groups in total. The average molecular weight is 408 g/mol. The summed E-state index contributed by atoms with van der Waals surface area (Å²) in [4.78, 5) is 0. The summed E-state index contributed by atoms with van der Waals surface area (Å²) in [6.07, 6.45) is 1.28. The van der Waals surface area contributed by atoms with Crippen molar-refractivity contribution in [3.63, 3.8) is 0 Å². The van der Waals surface area contributed by atoms with Gasteiger partial charge in [0.05, 0.1) is 22.6 Å². The van der Waals surface area contributed by atoms with Crippen LogP contribution in [0.5, 0.6) is 5.75 Å². The Kier molecular flexibility index (Phi) is 6.47. The Morgan fingerprint density at radius 2 is 1.81 bits per heavy atom. The van der Waals surface area contributed by atoms with E-state index in [1.54, 1.807) is 18.2 Å².